The lowest BCUT2D eigenvalue weighted by atomic mass is 10.0. The van der Waals surface area contributed by atoms with Gasteiger partial charge in [-0.05, 0) is 30.2 Å². The van der Waals surface area contributed by atoms with E-state index in [1.165, 1.54) is 6.07 Å². The molecule has 3 aromatic carbocycles. The van der Waals surface area contributed by atoms with Crippen molar-refractivity contribution >= 4 is 22.7 Å². The topological polar surface area (TPSA) is 45.5 Å². The highest BCUT2D eigenvalue weighted by atomic mass is 19.1. The molecule has 0 radical (unpaired) electrons. The van der Waals surface area contributed by atoms with Crippen molar-refractivity contribution in [2.45, 2.75) is 45.6 Å². The summed E-state index contributed by atoms with van der Waals surface area (Å²) in [7, 11) is 0. The lowest BCUT2D eigenvalue weighted by Gasteiger charge is -2.23. The fourth-order valence-corrected chi connectivity index (χ4v) is 4.25. The summed E-state index contributed by atoms with van der Waals surface area (Å²) in [6.07, 6.45) is 5.19. The predicted octanol–water partition coefficient (Wildman–Crippen LogP) is 8.38. The zero-order chi connectivity index (χ0) is 24.6. The van der Waals surface area contributed by atoms with E-state index in [1.807, 2.05) is 54.6 Å². The molecule has 0 saturated heterocycles. The fraction of sp³-hybridized carbons (Fsp3) is 0.276. The average molecular weight is 477 g/mol. The van der Waals surface area contributed by atoms with Gasteiger partial charge in [0.25, 0.3) is 0 Å². The van der Waals surface area contributed by atoms with E-state index in [9.17, 15) is 13.6 Å². The van der Waals surface area contributed by atoms with Crippen LogP contribution in [0.5, 0.6) is 0 Å². The number of rotatable bonds is 10. The van der Waals surface area contributed by atoms with Crippen LogP contribution in [0.3, 0.4) is 0 Å². The average Bonchev–Trinajstić information content (AvgIpc) is 3.23. The van der Waals surface area contributed by atoms with E-state index < -0.39 is 17.7 Å². The van der Waals surface area contributed by atoms with Gasteiger partial charge in [-0.25, -0.2) is 13.6 Å². The van der Waals surface area contributed by atoms with Gasteiger partial charge < -0.3 is 14.6 Å². The van der Waals surface area contributed by atoms with Crippen molar-refractivity contribution in [3.63, 3.8) is 0 Å². The maximum absolute atomic E-state index is 14.2. The Morgan fingerprint density at radius 2 is 1.66 bits per heavy atom. The van der Waals surface area contributed by atoms with Gasteiger partial charge in [-0.3, -0.25) is 0 Å². The van der Waals surface area contributed by atoms with Crippen molar-refractivity contribution in [3.8, 4) is 11.1 Å². The van der Waals surface area contributed by atoms with Crippen LogP contribution >= 0.6 is 0 Å². The molecule has 1 aromatic heterocycles. The van der Waals surface area contributed by atoms with Crippen LogP contribution in [0.2, 0.25) is 0 Å². The minimum Gasteiger partial charge on any atom is -0.459 e. The third-order valence-electron chi connectivity index (χ3n) is 6.06. The van der Waals surface area contributed by atoms with Crippen LogP contribution in [0.4, 0.5) is 19.3 Å². The number of carbonyl (C=O) groups excluding carboxylic acids is 1. The van der Waals surface area contributed by atoms with Gasteiger partial charge in [0.05, 0.1) is 12.2 Å². The van der Waals surface area contributed by atoms with Gasteiger partial charge in [0, 0.05) is 23.6 Å². The first-order valence-corrected chi connectivity index (χ1v) is 12.1. The second-order valence-electron chi connectivity index (χ2n) is 8.65. The molecule has 35 heavy (non-hydrogen) atoms. The third-order valence-corrected chi connectivity index (χ3v) is 6.06. The number of hydrogen-bond acceptors (Lipinski definition) is 2. The second kappa shape index (κ2) is 11.6. The fourth-order valence-electron chi connectivity index (χ4n) is 4.25. The number of furan rings is 1. The molecule has 0 bridgehead atoms. The van der Waals surface area contributed by atoms with Crippen LogP contribution in [0.15, 0.2) is 77.2 Å². The van der Waals surface area contributed by atoms with Crippen LogP contribution < -0.4 is 5.32 Å². The van der Waals surface area contributed by atoms with Crippen LogP contribution in [-0.4, -0.2) is 17.5 Å². The van der Waals surface area contributed by atoms with Gasteiger partial charge in [0.15, 0.2) is 0 Å². The number of anilines is 1. The molecule has 2 amide bonds. The molecule has 0 saturated carbocycles. The summed E-state index contributed by atoms with van der Waals surface area (Å²) >= 11 is 0. The molecule has 1 heterocycles. The molecule has 0 fully saturated rings. The highest BCUT2D eigenvalue weighted by Gasteiger charge is 2.22. The molecule has 0 spiro atoms. The minimum atomic E-state index is -0.810. The molecule has 0 atom stereocenters. The number of nitrogens with zero attached hydrogens (tertiary/aromatic N) is 1. The molecule has 4 rings (SSSR count). The van der Waals surface area contributed by atoms with Crippen molar-refractivity contribution in [3.05, 3.63) is 90.2 Å². The molecule has 4 aromatic rings. The Bertz CT molecular complexity index is 1270. The van der Waals surface area contributed by atoms with E-state index in [-0.39, 0.29) is 12.2 Å². The van der Waals surface area contributed by atoms with E-state index in [0.29, 0.717) is 12.3 Å². The number of hydrogen-bond donors (Lipinski definition) is 1. The van der Waals surface area contributed by atoms with Crippen molar-refractivity contribution < 1.29 is 18.0 Å². The SMILES string of the molecule is CCCCCCCN(Cc1oc2ccccc2c1-c1ccccc1)C(=O)Nc1ccc(F)cc1F. The summed E-state index contributed by atoms with van der Waals surface area (Å²) < 4.78 is 33.8. The van der Waals surface area contributed by atoms with Gasteiger partial charge in [0.2, 0.25) is 0 Å². The van der Waals surface area contributed by atoms with Crippen molar-refractivity contribution in [1.82, 2.24) is 4.90 Å². The van der Waals surface area contributed by atoms with Gasteiger partial charge in [-0.1, -0.05) is 81.1 Å². The highest BCUT2D eigenvalue weighted by Crippen LogP contribution is 2.35. The van der Waals surface area contributed by atoms with Crippen molar-refractivity contribution in [1.29, 1.82) is 0 Å². The molecule has 6 heteroatoms. The number of amides is 2. The number of nitrogens with one attached hydrogen (secondary N) is 1. The number of halogens is 2. The molecule has 0 aliphatic rings. The molecular weight excluding hydrogens is 446 g/mol. The Morgan fingerprint density at radius 1 is 0.914 bits per heavy atom. The summed E-state index contributed by atoms with van der Waals surface area (Å²) in [5.41, 5.74) is 2.63. The molecule has 0 aliphatic carbocycles. The zero-order valence-electron chi connectivity index (χ0n) is 19.9. The number of fused-ring (bicyclic) bond motifs is 1. The Balaban J connectivity index is 1.63. The van der Waals surface area contributed by atoms with Gasteiger partial charge in [0.1, 0.15) is 23.0 Å². The summed E-state index contributed by atoms with van der Waals surface area (Å²) in [5, 5.41) is 3.58. The van der Waals surface area contributed by atoms with Gasteiger partial charge >= 0.3 is 6.03 Å². The monoisotopic (exact) mass is 476 g/mol. The summed E-state index contributed by atoms with van der Waals surface area (Å²) in [4.78, 5) is 14.9. The van der Waals surface area contributed by atoms with E-state index in [2.05, 4.69) is 12.2 Å². The third kappa shape index (κ3) is 6.07. The summed E-state index contributed by atoms with van der Waals surface area (Å²) in [6.45, 7) is 2.87. The first-order valence-electron chi connectivity index (χ1n) is 12.1. The smallest absolute Gasteiger partial charge is 0.322 e. The lowest BCUT2D eigenvalue weighted by Crippen LogP contribution is -2.35. The van der Waals surface area contributed by atoms with Crippen LogP contribution in [0, 0.1) is 11.6 Å². The first kappa shape index (κ1) is 24.5. The number of carbonyl (C=O) groups is 1. The van der Waals surface area contributed by atoms with E-state index in [1.54, 1.807) is 4.90 Å². The maximum atomic E-state index is 14.2. The van der Waals surface area contributed by atoms with Crippen molar-refractivity contribution in [2.75, 3.05) is 11.9 Å². The molecular formula is C29H30F2N2O2. The largest absolute Gasteiger partial charge is 0.459 e. The highest BCUT2D eigenvalue weighted by molar-refractivity contribution is 5.96. The molecule has 182 valence electrons. The minimum absolute atomic E-state index is 0.0553. The first-order chi connectivity index (χ1) is 17.1. The maximum Gasteiger partial charge on any atom is 0.322 e. The molecule has 1 N–H and O–H groups in total. The number of unbranched alkanes of at least 4 members (excludes halogenated alkanes) is 4. The number of urea groups is 1. The summed E-state index contributed by atoms with van der Waals surface area (Å²) in [5.74, 6) is -0.835. The quantitative estimate of drug-likeness (QED) is 0.234. The normalized spacial score (nSPS) is 11.1. The Kier molecular flexibility index (Phi) is 8.14. The van der Waals surface area contributed by atoms with Crippen LogP contribution in [0.1, 0.15) is 44.8 Å². The van der Waals surface area contributed by atoms with Crippen LogP contribution in [0.25, 0.3) is 22.1 Å². The van der Waals surface area contributed by atoms with E-state index >= 15 is 0 Å². The Labute approximate surface area is 204 Å². The number of benzene rings is 3. The van der Waals surface area contributed by atoms with Gasteiger partial charge in [-0.15, -0.1) is 0 Å². The number of para-hydroxylation sites is 1. The van der Waals surface area contributed by atoms with Gasteiger partial charge in [-0.2, -0.15) is 0 Å². The van der Waals surface area contributed by atoms with E-state index in [0.717, 1.165) is 66.3 Å². The Hall–Kier alpha value is -3.67. The molecule has 4 nitrogen and oxygen atoms in total. The van der Waals surface area contributed by atoms with Crippen molar-refractivity contribution in [2.24, 2.45) is 0 Å². The molecule has 0 unspecified atom stereocenters. The zero-order valence-corrected chi connectivity index (χ0v) is 19.9. The van der Waals surface area contributed by atoms with Crippen LogP contribution in [-0.2, 0) is 6.54 Å². The second-order valence-corrected chi connectivity index (χ2v) is 8.65. The predicted molar refractivity (Wildman–Crippen MR) is 136 cm³/mol. The Morgan fingerprint density at radius 3 is 2.43 bits per heavy atom. The van der Waals surface area contributed by atoms with E-state index in [4.69, 9.17) is 4.42 Å². The summed E-state index contributed by atoms with van der Waals surface area (Å²) in [6, 6.07) is 20.4. The lowest BCUT2D eigenvalue weighted by molar-refractivity contribution is 0.203. The molecule has 0 aliphatic heterocycles. The standard InChI is InChI=1S/C29H30F2N2O2/c1-2-3-4-5-11-18-33(29(34)32-25-17-16-22(30)19-24(25)31)20-27-28(21-12-7-6-8-13-21)23-14-9-10-15-26(23)35-27/h6-10,12-17,19H,2-5,11,18,20H2,1H3,(H,32,34).